The number of nitrogens with zero attached hydrogens (tertiary/aromatic N) is 1. The van der Waals surface area contributed by atoms with Gasteiger partial charge in [-0.25, -0.2) is 4.98 Å². The minimum Gasteiger partial charge on any atom is -0.345 e. The Bertz CT molecular complexity index is 579. The number of aromatic nitrogens is 2. The molecular weight excluding hydrogens is 244 g/mol. The first-order chi connectivity index (χ1) is 9.65. The molecule has 1 N–H and O–H groups in total. The molecule has 0 radical (unpaired) electrons. The fourth-order valence-electron chi connectivity index (χ4n) is 2.35. The van der Waals surface area contributed by atoms with E-state index in [1.807, 2.05) is 6.20 Å². The first kappa shape index (κ1) is 14.6. The van der Waals surface area contributed by atoms with Crippen molar-refractivity contribution < 1.29 is 0 Å². The maximum Gasteiger partial charge on any atom is 0.0924 e. The van der Waals surface area contributed by atoms with Crippen LogP contribution < -0.4 is 0 Å². The zero-order valence-corrected chi connectivity index (χ0v) is 12.9. The van der Waals surface area contributed by atoms with Crippen LogP contribution in [-0.2, 0) is 0 Å². The second-order valence-corrected chi connectivity index (χ2v) is 5.41. The van der Waals surface area contributed by atoms with Crippen molar-refractivity contribution in [2.45, 2.75) is 46.5 Å². The minimum atomic E-state index is 0.611. The van der Waals surface area contributed by atoms with E-state index >= 15 is 0 Å². The summed E-state index contributed by atoms with van der Waals surface area (Å²) in [5.74, 6) is 0.611. The Balaban J connectivity index is 2.41. The Morgan fingerprint density at radius 3 is 2.75 bits per heavy atom. The van der Waals surface area contributed by atoms with E-state index in [0.29, 0.717) is 5.92 Å². The number of benzene rings is 1. The van der Waals surface area contributed by atoms with Crippen LogP contribution in [0, 0.1) is 6.92 Å². The highest BCUT2D eigenvalue weighted by molar-refractivity contribution is 5.80. The third-order valence-electron chi connectivity index (χ3n) is 4.04. The van der Waals surface area contributed by atoms with Crippen LogP contribution in [0.15, 0.2) is 30.7 Å². The molecule has 106 valence electrons. The topological polar surface area (TPSA) is 28.7 Å². The molecule has 0 fully saturated rings. The number of H-pyrrole nitrogens is 1. The van der Waals surface area contributed by atoms with Crippen LogP contribution in [0.2, 0.25) is 0 Å². The van der Waals surface area contributed by atoms with Crippen molar-refractivity contribution in [1.82, 2.24) is 9.97 Å². The molecule has 2 heteroatoms. The van der Waals surface area contributed by atoms with E-state index in [2.05, 4.69) is 61.9 Å². The highest BCUT2D eigenvalue weighted by atomic mass is 14.9. The van der Waals surface area contributed by atoms with Crippen molar-refractivity contribution in [1.29, 1.82) is 0 Å². The maximum absolute atomic E-state index is 4.12. The van der Waals surface area contributed by atoms with Gasteiger partial charge in [0.1, 0.15) is 0 Å². The lowest BCUT2D eigenvalue weighted by Crippen LogP contribution is -1.94. The Hall–Kier alpha value is -1.83. The van der Waals surface area contributed by atoms with Crippen molar-refractivity contribution in [2.24, 2.45) is 0 Å². The van der Waals surface area contributed by atoms with Crippen molar-refractivity contribution >= 4 is 11.6 Å². The molecule has 0 amide bonds. The summed E-state index contributed by atoms with van der Waals surface area (Å²) < 4.78 is 0. The van der Waals surface area contributed by atoms with E-state index in [-0.39, 0.29) is 0 Å². The van der Waals surface area contributed by atoms with Crippen LogP contribution in [0.5, 0.6) is 0 Å². The van der Waals surface area contributed by atoms with E-state index in [1.54, 1.807) is 6.33 Å². The Morgan fingerprint density at radius 2 is 2.15 bits per heavy atom. The molecule has 0 bridgehead atoms. The van der Waals surface area contributed by atoms with Crippen molar-refractivity contribution in [3.8, 4) is 0 Å². The van der Waals surface area contributed by atoms with Crippen molar-refractivity contribution in [3.63, 3.8) is 0 Å². The van der Waals surface area contributed by atoms with E-state index < -0.39 is 0 Å². The third kappa shape index (κ3) is 3.19. The summed E-state index contributed by atoms with van der Waals surface area (Å²) in [6.45, 7) is 8.88. The van der Waals surface area contributed by atoms with Gasteiger partial charge in [0.25, 0.3) is 0 Å². The summed E-state index contributed by atoms with van der Waals surface area (Å²) in [5, 5.41) is 0. The van der Waals surface area contributed by atoms with Gasteiger partial charge in [0.2, 0.25) is 0 Å². The lowest BCUT2D eigenvalue weighted by Gasteiger charge is -2.12. The zero-order chi connectivity index (χ0) is 14.5. The Labute approximate surface area is 122 Å². The van der Waals surface area contributed by atoms with Gasteiger partial charge in [0.15, 0.2) is 0 Å². The standard InChI is InChI=1S/C18H24N2/c1-5-13(3)16-8-7-14(4)17(10-16)9-15(6-2)18-11-19-12-20-18/h7-13H,5-6H2,1-4H3,(H,19,20)/b15-9+. The number of hydrogen-bond donors (Lipinski definition) is 1. The summed E-state index contributed by atoms with van der Waals surface area (Å²) in [6.07, 6.45) is 8.09. The van der Waals surface area contributed by atoms with Gasteiger partial charge >= 0.3 is 0 Å². The predicted molar refractivity (Wildman–Crippen MR) is 86.6 cm³/mol. The molecule has 1 aromatic heterocycles. The Kier molecular flexibility index (Phi) is 4.78. The largest absolute Gasteiger partial charge is 0.345 e. The molecule has 0 saturated heterocycles. The molecule has 1 aromatic carbocycles. The third-order valence-corrected chi connectivity index (χ3v) is 4.04. The van der Waals surface area contributed by atoms with Crippen LogP contribution in [-0.4, -0.2) is 9.97 Å². The second kappa shape index (κ2) is 6.56. The average molecular weight is 268 g/mol. The molecule has 2 rings (SSSR count). The molecule has 0 spiro atoms. The minimum absolute atomic E-state index is 0.611. The SMILES string of the molecule is CC/C(=C\c1cc(C(C)CC)ccc1C)c1cnc[nH]1. The predicted octanol–water partition coefficient (Wildman–Crippen LogP) is 5.18. The molecule has 1 atom stereocenters. The van der Waals surface area contributed by atoms with Gasteiger partial charge in [0, 0.05) is 0 Å². The van der Waals surface area contributed by atoms with Gasteiger partial charge in [-0.15, -0.1) is 0 Å². The number of allylic oxidation sites excluding steroid dienone is 1. The van der Waals surface area contributed by atoms with Gasteiger partial charge in [-0.05, 0) is 54.0 Å². The molecule has 1 unspecified atom stereocenters. The van der Waals surface area contributed by atoms with Crippen LogP contribution in [0.25, 0.3) is 11.6 Å². The highest BCUT2D eigenvalue weighted by Crippen LogP contribution is 2.25. The van der Waals surface area contributed by atoms with E-state index in [4.69, 9.17) is 0 Å². The average Bonchev–Trinajstić information content (AvgIpc) is 2.99. The normalized spacial score (nSPS) is 13.5. The van der Waals surface area contributed by atoms with Gasteiger partial charge in [-0.1, -0.05) is 39.0 Å². The number of hydrogen-bond acceptors (Lipinski definition) is 1. The van der Waals surface area contributed by atoms with E-state index in [1.165, 1.54) is 28.7 Å². The van der Waals surface area contributed by atoms with E-state index in [9.17, 15) is 0 Å². The molecule has 0 aliphatic rings. The lowest BCUT2D eigenvalue weighted by molar-refractivity contribution is 0.733. The summed E-state index contributed by atoms with van der Waals surface area (Å²) >= 11 is 0. The van der Waals surface area contributed by atoms with Crippen LogP contribution in [0.1, 0.15) is 61.9 Å². The molecule has 0 aliphatic carbocycles. The smallest absolute Gasteiger partial charge is 0.0924 e. The number of aryl methyl sites for hydroxylation is 1. The number of imidazole rings is 1. The molecule has 20 heavy (non-hydrogen) atoms. The monoisotopic (exact) mass is 268 g/mol. The summed E-state index contributed by atoms with van der Waals surface area (Å²) in [6, 6.07) is 6.81. The summed E-state index contributed by atoms with van der Waals surface area (Å²) in [4.78, 5) is 7.31. The molecule has 0 aliphatic heterocycles. The van der Waals surface area contributed by atoms with Gasteiger partial charge in [-0.3, -0.25) is 0 Å². The lowest BCUT2D eigenvalue weighted by atomic mass is 9.93. The number of rotatable bonds is 5. The Morgan fingerprint density at radius 1 is 1.35 bits per heavy atom. The summed E-state index contributed by atoms with van der Waals surface area (Å²) in [7, 11) is 0. The molecule has 2 aromatic rings. The second-order valence-electron chi connectivity index (χ2n) is 5.41. The zero-order valence-electron chi connectivity index (χ0n) is 12.9. The molecular formula is C18H24N2. The van der Waals surface area contributed by atoms with Crippen molar-refractivity contribution in [2.75, 3.05) is 0 Å². The highest BCUT2D eigenvalue weighted by Gasteiger charge is 2.07. The molecule has 0 saturated carbocycles. The fraction of sp³-hybridized carbons (Fsp3) is 0.389. The molecule has 2 nitrogen and oxygen atoms in total. The summed E-state index contributed by atoms with van der Waals surface area (Å²) in [5.41, 5.74) is 6.47. The van der Waals surface area contributed by atoms with E-state index in [0.717, 1.165) is 12.1 Å². The van der Waals surface area contributed by atoms with Gasteiger partial charge in [-0.2, -0.15) is 0 Å². The number of nitrogens with one attached hydrogen (secondary N) is 1. The molecule has 1 heterocycles. The van der Waals surface area contributed by atoms with Crippen LogP contribution >= 0.6 is 0 Å². The van der Waals surface area contributed by atoms with Crippen molar-refractivity contribution in [3.05, 3.63) is 53.1 Å². The number of aromatic amines is 1. The van der Waals surface area contributed by atoms with Gasteiger partial charge in [0.05, 0.1) is 18.2 Å². The van der Waals surface area contributed by atoms with Crippen LogP contribution in [0.3, 0.4) is 0 Å². The van der Waals surface area contributed by atoms with Crippen LogP contribution in [0.4, 0.5) is 0 Å². The van der Waals surface area contributed by atoms with Gasteiger partial charge < -0.3 is 4.98 Å². The first-order valence-electron chi connectivity index (χ1n) is 7.45. The first-order valence-corrected chi connectivity index (χ1v) is 7.45. The maximum atomic E-state index is 4.12. The fourth-order valence-corrected chi connectivity index (χ4v) is 2.35. The quantitative estimate of drug-likeness (QED) is 0.795.